The van der Waals surface area contributed by atoms with Gasteiger partial charge in [-0.3, -0.25) is 9.89 Å². The molecule has 9 heteroatoms. The van der Waals surface area contributed by atoms with E-state index in [0.29, 0.717) is 19.6 Å². The molecule has 1 aliphatic rings. The molecule has 0 aromatic heterocycles. The van der Waals surface area contributed by atoms with Crippen molar-refractivity contribution in [1.29, 1.82) is 0 Å². The third-order valence-electron chi connectivity index (χ3n) is 5.34. The van der Waals surface area contributed by atoms with Crippen LogP contribution in [0.3, 0.4) is 0 Å². The Morgan fingerprint density at radius 2 is 1.73 bits per heavy atom. The molecule has 0 atom stereocenters. The number of hydrogen-bond acceptors (Lipinski definition) is 4. The van der Waals surface area contributed by atoms with E-state index in [-0.39, 0.29) is 29.7 Å². The van der Waals surface area contributed by atoms with Crippen LogP contribution in [0.5, 0.6) is 0 Å². The first-order valence-electron chi connectivity index (χ1n) is 10.6. The van der Waals surface area contributed by atoms with E-state index in [2.05, 4.69) is 44.8 Å². The molecule has 30 heavy (non-hydrogen) atoms. The molecular weight excluding hydrogens is 513 g/mol. The Balaban J connectivity index is 0.00000450. The smallest absolute Gasteiger partial charge is 0.213 e. The molecule has 1 saturated heterocycles. The number of piperidine rings is 1. The van der Waals surface area contributed by atoms with Crippen LogP contribution in [0, 0.1) is 0 Å². The number of benzene rings is 1. The molecule has 172 valence electrons. The molecule has 1 aromatic carbocycles. The SMILES string of the molecule is CCS(=O)(=O)N(C)CCCNC(=NC)NCc1ccc(CN2CCCCC2)cc1.I. The summed E-state index contributed by atoms with van der Waals surface area (Å²) >= 11 is 0. The first kappa shape index (κ1) is 27.1. The van der Waals surface area contributed by atoms with Crippen molar-refractivity contribution in [2.24, 2.45) is 4.99 Å². The van der Waals surface area contributed by atoms with Crippen molar-refractivity contribution in [3.8, 4) is 0 Å². The Morgan fingerprint density at radius 1 is 1.10 bits per heavy atom. The molecule has 1 heterocycles. The summed E-state index contributed by atoms with van der Waals surface area (Å²) in [5, 5.41) is 6.55. The van der Waals surface area contributed by atoms with Gasteiger partial charge in [0.1, 0.15) is 0 Å². The molecule has 1 aliphatic heterocycles. The van der Waals surface area contributed by atoms with Crippen molar-refractivity contribution < 1.29 is 8.42 Å². The fourth-order valence-corrected chi connectivity index (χ4v) is 4.26. The van der Waals surface area contributed by atoms with Gasteiger partial charge in [0.05, 0.1) is 5.75 Å². The zero-order valence-corrected chi connectivity index (χ0v) is 21.7. The molecule has 1 fully saturated rings. The standard InChI is InChI=1S/C21H37N5O2S.HI/c1-4-29(27,28)25(3)14-8-13-23-21(22-2)24-17-19-9-11-20(12-10-19)18-26-15-6-5-7-16-26;/h9-12H,4-8,13-18H2,1-3H3,(H2,22,23,24);1H. The van der Waals surface area contributed by atoms with Gasteiger partial charge in [-0.25, -0.2) is 12.7 Å². The minimum atomic E-state index is -3.11. The second kappa shape index (κ2) is 14.2. The third kappa shape index (κ3) is 9.49. The summed E-state index contributed by atoms with van der Waals surface area (Å²) in [6.45, 7) is 7.00. The molecular formula is C21H38IN5O2S. The second-order valence-electron chi connectivity index (χ2n) is 7.58. The quantitative estimate of drug-likeness (QED) is 0.203. The van der Waals surface area contributed by atoms with Crippen molar-refractivity contribution in [3.05, 3.63) is 35.4 Å². The van der Waals surface area contributed by atoms with Gasteiger partial charge in [-0.05, 0) is 50.4 Å². The van der Waals surface area contributed by atoms with Crippen LogP contribution in [0.15, 0.2) is 29.3 Å². The van der Waals surface area contributed by atoms with Gasteiger partial charge in [-0.1, -0.05) is 30.7 Å². The van der Waals surface area contributed by atoms with Gasteiger partial charge in [0.15, 0.2) is 5.96 Å². The summed E-state index contributed by atoms with van der Waals surface area (Å²) in [6, 6.07) is 8.77. The number of likely N-dealkylation sites (tertiary alicyclic amines) is 1. The minimum absolute atomic E-state index is 0. The minimum Gasteiger partial charge on any atom is -0.356 e. The zero-order chi connectivity index (χ0) is 21.1. The van der Waals surface area contributed by atoms with E-state index in [0.717, 1.165) is 18.9 Å². The molecule has 0 saturated carbocycles. The van der Waals surface area contributed by atoms with Crippen LogP contribution in [0.25, 0.3) is 0 Å². The van der Waals surface area contributed by atoms with Crippen LogP contribution in [-0.4, -0.2) is 69.6 Å². The lowest BCUT2D eigenvalue weighted by atomic mass is 10.1. The van der Waals surface area contributed by atoms with E-state index < -0.39 is 10.0 Å². The molecule has 2 N–H and O–H groups in total. The molecule has 0 spiro atoms. The molecule has 0 radical (unpaired) electrons. The summed E-state index contributed by atoms with van der Waals surface area (Å²) in [6.07, 6.45) is 4.73. The Bertz CT molecular complexity index is 734. The van der Waals surface area contributed by atoms with Gasteiger partial charge in [0.2, 0.25) is 10.0 Å². The van der Waals surface area contributed by atoms with Crippen LogP contribution in [-0.2, 0) is 23.1 Å². The van der Waals surface area contributed by atoms with E-state index in [1.54, 1.807) is 21.0 Å². The highest BCUT2D eigenvalue weighted by molar-refractivity contribution is 14.0. The van der Waals surface area contributed by atoms with Crippen molar-refractivity contribution in [2.45, 2.75) is 45.7 Å². The van der Waals surface area contributed by atoms with Crippen LogP contribution < -0.4 is 10.6 Å². The largest absolute Gasteiger partial charge is 0.356 e. The summed E-state index contributed by atoms with van der Waals surface area (Å²) in [7, 11) is 0.259. The van der Waals surface area contributed by atoms with Gasteiger partial charge in [0.25, 0.3) is 0 Å². The predicted molar refractivity (Wildman–Crippen MR) is 136 cm³/mol. The molecule has 7 nitrogen and oxygen atoms in total. The summed E-state index contributed by atoms with van der Waals surface area (Å²) in [4.78, 5) is 6.77. The average molecular weight is 552 g/mol. The molecule has 0 bridgehead atoms. The van der Waals surface area contributed by atoms with Gasteiger partial charge in [-0.15, -0.1) is 24.0 Å². The van der Waals surface area contributed by atoms with E-state index in [4.69, 9.17) is 0 Å². The van der Waals surface area contributed by atoms with Crippen LogP contribution in [0.4, 0.5) is 0 Å². The van der Waals surface area contributed by atoms with Crippen LogP contribution >= 0.6 is 24.0 Å². The zero-order valence-electron chi connectivity index (χ0n) is 18.6. The van der Waals surface area contributed by atoms with E-state index in [1.807, 2.05) is 0 Å². The highest BCUT2D eigenvalue weighted by Crippen LogP contribution is 2.13. The number of halogens is 1. The fourth-order valence-electron chi connectivity index (χ4n) is 3.41. The Hall–Kier alpha value is -0.910. The van der Waals surface area contributed by atoms with Crippen molar-refractivity contribution in [3.63, 3.8) is 0 Å². The number of nitrogens with one attached hydrogen (secondary N) is 2. The topological polar surface area (TPSA) is 77.0 Å². The average Bonchev–Trinajstić information content (AvgIpc) is 2.74. The molecule has 0 unspecified atom stereocenters. The lowest BCUT2D eigenvalue weighted by molar-refractivity contribution is 0.221. The Kier molecular flexibility index (Phi) is 12.8. The lowest BCUT2D eigenvalue weighted by Gasteiger charge is -2.26. The highest BCUT2D eigenvalue weighted by atomic mass is 127. The van der Waals surface area contributed by atoms with Crippen molar-refractivity contribution >= 4 is 40.0 Å². The van der Waals surface area contributed by atoms with Crippen LogP contribution in [0.2, 0.25) is 0 Å². The number of hydrogen-bond donors (Lipinski definition) is 2. The fraction of sp³-hybridized carbons (Fsp3) is 0.667. The second-order valence-corrected chi connectivity index (χ2v) is 9.95. The number of nitrogens with zero attached hydrogens (tertiary/aromatic N) is 3. The third-order valence-corrected chi connectivity index (χ3v) is 7.21. The molecule has 0 amide bonds. The van der Waals surface area contributed by atoms with Gasteiger partial charge in [0, 0.05) is 40.3 Å². The maximum atomic E-state index is 11.7. The monoisotopic (exact) mass is 551 g/mol. The maximum Gasteiger partial charge on any atom is 0.213 e. The Morgan fingerprint density at radius 3 is 2.33 bits per heavy atom. The summed E-state index contributed by atoms with van der Waals surface area (Å²) in [5.74, 6) is 0.861. The summed E-state index contributed by atoms with van der Waals surface area (Å²) < 4.78 is 24.9. The highest BCUT2D eigenvalue weighted by Gasteiger charge is 2.14. The normalized spacial score (nSPS) is 15.7. The van der Waals surface area contributed by atoms with Crippen LogP contribution in [0.1, 0.15) is 43.7 Å². The van der Waals surface area contributed by atoms with Crippen molar-refractivity contribution in [1.82, 2.24) is 19.8 Å². The van der Waals surface area contributed by atoms with E-state index in [9.17, 15) is 8.42 Å². The molecule has 2 rings (SSSR count). The van der Waals surface area contributed by atoms with E-state index in [1.165, 1.54) is 47.8 Å². The maximum absolute atomic E-state index is 11.7. The lowest BCUT2D eigenvalue weighted by Crippen LogP contribution is -2.38. The first-order chi connectivity index (χ1) is 13.9. The number of aliphatic imine (C=N–C) groups is 1. The number of sulfonamides is 1. The van der Waals surface area contributed by atoms with Crippen molar-refractivity contribution in [2.75, 3.05) is 46.0 Å². The first-order valence-corrected chi connectivity index (χ1v) is 12.2. The van der Waals surface area contributed by atoms with E-state index >= 15 is 0 Å². The predicted octanol–water partition coefficient (Wildman–Crippen LogP) is 2.63. The number of rotatable bonds is 10. The Labute approximate surface area is 199 Å². The summed E-state index contributed by atoms with van der Waals surface area (Å²) in [5.41, 5.74) is 2.58. The van der Waals surface area contributed by atoms with Gasteiger partial charge in [-0.2, -0.15) is 0 Å². The molecule has 1 aromatic rings. The van der Waals surface area contributed by atoms with Gasteiger partial charge < -0.3 is 10.6 Å². The van der Waals surface area contributed by atoms with Gasteiger partial charge >= 0.3 is 0 Å². The number of guanidine groups is 1. The molecule has 0 aliphatic carbocycles.